The first-order valence-corrected chi connectivity index (χ1v) is 4.29. The molecule has 0 aromatic heterocycles. The molecule has 0 spiro atoms. The lowest BCUT2D eigenvalue weighted by atomic mass is 10.1. The Morgan fingerprint density at radius 2 is 1.94 bits per heavy atom. The van der Waals surface area contributed by atoms with E-state index in [0.717, 1.165) is 0 Å². The highest BCUT2D eigenvalue weighted by Crippen LogP contribution is 2.34. The molecule has 0 saturated carbocycles. The first-order valence-electron chi connectivity index (χ1n) is 3.91. The first kappa shape index (κ1) is 12.7. The molecule has 7 heteroatoms. The van der Waals surface area contributed by atoms with E-state index in [1.807, 2.05) is 0 Å². The highest BCUT2D eigenvalue weighted by Gasteiger charge is 2.39. The van der Waals surface area contributed by atoms with Crippen molar-refractivity contribution in [1.82, 2.24) is 0 Å². The van der Waals surface area contributed by atoms with Crippen molar-refractivity contribution in [2.45, 2.75) is 12.3 Å². The van der Waals surface area contributed by atoms with E-state index in [9.17, 15) is 17.6 Å². The lowest BCUT2D eigenvalue weighted by Gasteiger charge is -2.15. The summed E-state index contributed by atoms with van der Waals surface area (Å²) in [5, 5.41) is 16.8. The van der Waals surface area contributed by atoms with Gasteiger partial charge < -0.3 is 5.11 Å². The monoisotopic (exact) mass is 253 g/mol. The third kappa shape index (κ3) is 2.43. The molecule has 0 heterocycles. The fraction of sp³-hybridized carbons (Fsp3) is 0.222. The minimum Gasteiger partial charge on any atom is -0.379 e. The Kier molecular flexibility index (Phi) is 3.41. The van der Waals surface area contributed by atoms with Crippen molar-refractivity contribution in [3.05, 3.63) is 34.1 Å². The number of hydrogen-bond acceptors (Lipinski definition) is 2. The molecule has 1 rings (SSSR count). The SMILES string of the molecule is N#Cc1c(F)cc(C(O)C(F)(F)F)cc1Cl. The van der Waals surface area contributed by atoms with Crippen molar-refractivity contribution in [2.24, 2.45) is 0 Å². The summed E-state index contributed by atoms with van der Waals surface area (Å²) in [5.74, 6) is -1.20. The zero-order valence-corrected chi connectivity index (χ0v) is 8.27. The van der Waals surface area contributed by atoms with Crippen LogP contribution in [0.2, 0.25) is 5.02 Å². The highest BCUT2D eigenvalue weighted by atomic mass is 35.5. The number of aliphatic hydroxyl groups excluding tert-OH is 1. The number of nitrogens with zero attached hydrogens (tertiary/aromatic N) is 1. The first-order chi connectivity index (χ1) is 7.27. The number of benzene rings is 1. The predicted octanol–water partition coefficient (Wildman–Crippen LogP) is 2.95. The van der Waals surface area contributed by atoms with Crippen molar-refractivity contribution in [3.63, 3.8) is 0 Å². The molecule has 0 bridgehead atoms. The van der Waals surface area contributed by atoms with Crippen molar-refractivity contribution >= 4 is 11.6 Å². The van der Waals surface area contributed by atoms with Gasteiger partial charge in [0.2, 0.25) is 0 Å². The smallest absolute Gasteiger partial charge is 0.379 e. The number of alkyl halides is 3. The third-order valence-electron chi connectivity index (χ3n) is 1.80. The third-order valence-corrected chi connectivity index (χ3v) is 2.10. The number of nitriles is 1. The molecule has 1 aromatic carbocycles. The number of hydrogen-bond donors (Lipinski definition) is 1. The Morgan fingerprint density at radius 3 is 2.31 bits per heavy atom. The van der Waals surface area contributed by atoms with Gasteiger partial charge in [-0.15, -0.1) is 0 Å². The maximum absolute atomic E-state index is 13.1. The van der Waals surface area contributed by atoms with Crippen LogP contribution in [0.25, 0.3) is 0 Å². The average Bonchev–Trinajstić information content (AvgIpc) is 2.14. The van der Waals surface area contributed by atoms with Gasteiger partial charge in [-0.3, -0.25) is 0 Å². The Bertz CT molecular complexity index is 429. The van der Waals surface area contributed by atoms with E-state index < -0.39 is 34.2 Å². The fourth-order valence-electron chi connectivity index (χ4n) is 1.05. The second-order valence-electron chi connectivity index (χ2n) is 2.92. The van der Waals surface area contributed by atoms with Gasteiger partial charge in [-0.05, 0) is 17.7 Å². The average molecular weight is 254 g/mol. The molecule has 1 aromatic rings. The van der Waals surface area contributed by atoms with Gasteiger partial charge in [0.25, 0.3) is 0 Å². The van der Waals surface area contributed by atoms with Gasteiger partial charge in [0, 0.05) is 0 Å². The van der Waals surface area contributed by atoms with Gasteiger partial charge in [-0.25, -0.2) is 4.39 Å². The van der Waals surface area contributed by atoms with Crippen LogP contribution in [0, 0.1) is 17.1 Å². The van der Waals surface area contributed by atoms with E-state index in [0.29, 0.717) is 12.1 Å². The van der Waals surface area contributed by atoms with Crippen molar-refractivity contribution in [2.75, 3.05) is 0 Å². The van der Waals surface area contributed by atoms with E-state index in [1.54, 1.807) is 0 Å². The minimum atomic E-state index is -4.91. The summed E-state index contributed by atoms with van der Waals surface area (Å²) >= 11 is 5.39. The van der Waals surface area contributed by atoms with Crippen LogP contribution < -0.4 is 0 Å². The van der Waals surface area contributed by atoms with Crippen LogP contribution >= 0.6 is 11.6 Å². The summed E-state index contributed by atoms with van der Waals surface area (Å²) in [7, 11) is 0. The quantitative estimate of drug-likeness (QED) is 0.782. The Morgan fingerprint density at radius 1 is 1.38 bits per heavy atom. The topological polar surface area (TPSA) is 44.0 Å². The molecular formula is C9H4ClF4NO. The van der Waals surface area contributed by atoms with E-state index in [1.165, 1.54) is 6.07 Å². The standard InChI is InChI=1S/C9H4ClF4NO/c10-6-1-4(8(16)9(12,13)14)2-7(11)5(6)3-15/h1-2,8,16H. The molecule has 0 fully saturated rings. The van der Waals surface area contributed by atoms with Gasteiger partial charge in [-0.1, -0.05) is 11.6 Å². The van der Waals surface area contributed by atoms with Crippen LogP contribution in [0.3, 0.4) is 0 Å². The Labute approximate surface area is 92.7 Å². The molecule has 1 N–H and O–H groups in total. The summed E-state index contributed by atoms with van der Waals surface area (Å²) in [4.78, 5) is 0. The van der Waals surface area contributed by atoms with Crippen molar-refractivity contribution in [3.8, 4) is 6.07 Å². The maximum atomic E-state index is 13.1. The Balaban J connectivity index is 3.25. The van der Waals surface area contributed by atoms with Crippen LogP contribution in [0.5, 0.6) is 0 Å². The van der Waals surface area contributed by atoms with Gasteiger partial charge in [-0.2, -0.15) is 18.4 Å². The summed E-state index contributed by atoms with van der Waals surface area (Å²) in [6.45, 7) is 0. The lowest BCUT2D eigenvalue weighted by molar-refractivity contribution is -0.206. The minimum absolute atomic E-state index is 0.433. The van der Waals surface area contributed by atoms with E-state index in [4.69, 9.17) is 22.0 Å². The summed E-state index contributed by atoms with van der Waals surface area (Å²) in [6.07, 6.45) is -7.74. The number of halogens is 5. The van der Waals surface area contributed by atoms with Crippen LogP contribution in [0.15, 0.2) is 12.1 Å². The normalized spacial score (nSPS) is 13.3. The maximum Gasteiger partial charge on any atom is 0.418 e. The van der Waals surface area contributed by atoms with E-state index in [-0.39, 0.29) is 0 Å². The predicted molar refractivity (Wildman–Crippen MR) is 47.1 cm³/mol. The molecular weight excluding hydrogens is 250 g/mol. The zero-order valence-electron chi connectivity index (χ0n) is 7.52. The molecule has 86 valence electrons. The summed E-state index contributed by atoms with van der Waals surface area (Å²) < 4.78 is 49.4. The molecule has 0 radical (unpaired) electrons. The number of rotatable bonds is 1. The Hall–Kier alpha value is -1.32. The zero-order chi connectivity index (χ0) is 12.5. The van der Waals surface area contributed by atoms with Crippen molar-refractivity contribution < 1.29 is 22.7 Å². The van der Waals surface area contributed by atoms with Crippen molar-refractivity contribution in [1.29, 1.82) is 5.26 Å². The van der Waals surface area contributed by atoms with E-state index >= 15 is 0 Å². The molecule has 2 nitrogen and oxygen atoms in total. The summed E-state index contributed by atoms with van der Waals surface area (Å²) in [6, 6.07) is 2.54. The molecule has 0 amide bonds. The van der Waals surface area contributed by atoms with Crippen LogP contribution in [0.1, 0.15) is 17.2 Å². The fourth-order valence-corrected chi connectivity index (χ4v) is 1.30. The highest BCUT2D eigenvalue weighted by molar-refractivity contribution is 6.31. The molecule has 0 aliphatic rings. The molecule has 0 aliphatic heterocycles. The molecule has 1 atom stereocenters. The van der Waals surface area contributed by atoms with Gasteiger partial charge in [0.1, 0.15) is 17.4 Å². The number of aliphatic hydroxyl groups is 1. The largest absolute Gasteiger partial charge is 0.418 e. The van der Waals surface area contributed by atoms with Gasteiger partial charge >= 0.3 is 6.18 Å². The second kappa shape index (κ2) is 4.28. The van der Waals surface area contributed by atoms with E-state index in [2.05, 4.69) is 0 Å². The summed E-state index contributed by atoms with van der Waals surface area (Å²) in [5.41, 5.74) is -1.30. The molecule has 0 saturated heterocycles. The molecule has 1 unspecified atom stereocenters. The van der Waals surface area contributed by atoms with Crippen LogP contribution in [-0.2, 0) is 0 Å². The van der Waals surface area contributed by atoms with Gasteiger partial charge in [0.05, 0.1) is 5.02 Å². The van der Waals surface area contributed by atoms with Crippen LogP contribution in [-0.4, -0.2) is 11.3 Å². The van der Waals surface area contributed by atoms with Gasteiger partial charge in [0.15, 0.2) is 6.10 Å². The molecule has 0 aliphatic carbocycles. The second-order valence-corrected chi connectivity index (χ2v) is 3.32. The lowest BCUT2D eigenvalue weighted by Crippen LogP contribution is -2.20. The molecule has 16 heavy (non-hydrogen) atoms. The van der Waals surface area contributed by atoms with Crippen LogP contribution in [0.4, 0.5) is 17.6 Å².